The first-order valence-electron chi connectivity index (χ1n) is 11.8. The van der Waals surface area contributed by atoms with Gasteiger partial charge in [0.2, 0.25) is 0 Å². The first-order chi connectivity index (χ1) is 16.0. The molecule has 0 aliphatic heterocycles. The minimum Gasteiger partial charge on any atom is -0.349 e. The number of carbonyl (C=O) groups is 1. The SMILES string of the molecule is CCC(C[C@H]1CCC2=C1[C@@H](C)c1cnn(-c3ccc(F)cc3)c1C2)NC(=O)c1cccnc1. The van der Waals surface area contributed by atoms with Crippen molar-refractivity contribution in [3.63, 3.8) is 0 Å². The van der Waals surface area contributed by atoms with E-state index in [1.165, 1.54) is 34.5 Å². The summed E-state index contributed by atoms with van der Waals surface area (Å²) in [6.45, 7) is 4.41. The minimum absolute atomic E-state index is 0.0540. The highest BCUT2D eigenvalue weighted by Gasteiger charge is 2.37. The van der Waals surface area contributed by atoms with Gasteiger partial charge in [0.1, 0.15) is 5.82 Å². The van der Waals surface area contributed by atoms with Crippen molar-refractivity contribution in [3.8, 4) is 5.69 Å². The average molecular weight is 445 g/mol. The molecule has 0 saturated carbocycles. The van der Waals surface area contributed by atoms with Crippen molar-refractivity contribution in [1.29, 1.82) is 0 Å². The molecule has 6 heteroatoms. The molecule has 1 unspecified atom stereocenters. The van der Waals surface area contributed by atoms with Crippen molar-refractivity contribution < 1.29 is 9.18 Å². The zero-order chi connectivity index (χ0) is 22.9. The van der Waals surface area contributed by atoms with Crippen molar-refractivity contribution in [2.75, 3.05) is 0 Å². The van der Waals surface area contributed by atoms with E-state index in [2.05, 4.69) is 29.2 Å². The zero-order valence-electron chi connectivity index (χ0n) is 19.1. The Balaban J connectivity index is 1.34. The Labute approximate surface area is 193 Å². The number of benzene rings is 1. The number of fused-ring (bicyclic) bond motifs is 1. The fraction of sp³-hybridized carbons (Fsp3) is 0.370. The van der Waals surface area contributed by atoms with Crippen LogP contribution < -0.4 is 5.32 Å². The van der Waals surface area contributed by atoms with Crippen molar-refractivity contribution >= 4 is 5.91 Å². The van der Waals surface area contributed by atoms with Crippen molar-refractivity contribution in [1.82, 2.24) is 20.1 Å². The number of pyridine rings is 1. The number of amides is 1. The molecule has 1 N–H and O–H groups in total. The van der Waals surface area contributed by atoms with Crippen molar-refractivity contribution in [2.24, 2.45) is 5.92 Å². The molecular weight excluding hydrogens is 415 g/mol. The van der Waals surface area contributed by atoms with E-state index in [1.807, 2.05) is 10.9 Å². The van der Waals surface area contributed by atoms with Crippen LogP contribution in [0.2, 0.25) is 0 Å². The molecule has 5 rings (SSSR count). The Morgan fingerprint density at radius 3 is 2.79 bits per heavy atom. The van der Waals surface area contributed by atoms with Gasteiger partial charge in [0.15, 0.2) is 0 Å². The van der Waals surface area contributed by atoms with Crippen LogP contribution in [0.1, 0.15) is 67.1 Å². The predicted octanol–water partition coefficient (Wildman–Crippen LogP) is 5.37. The summed E-state index contributed by atoms with van der Waals surface area (Å²) in [7, 11) is 0. The van der Waals surface area contributed by atoms with Gasteiger partial charge in [-0.2, -0.15) is 5.10 Å². The summed E-state index contributed by atoms with van der Waals surface area (Å²) in [5.41, 5.74) is 7.02. The lowest BCUT2D eigenvalue weighted by molar-refractivity contribution is 0.0930. The number of nitrogens with zero attached hydrogens (tertiary/aromatic N) is 3. The third kappa shape index (κ3) is 4.10. The fourth-order valence-electron chi connectivity index (χ4n) is 5.57. The Morgan fingerprint density at radius 1 is 1.24 bits per heavy atom. The summed E-state index contributed by atoms with van der Waals surface area (Å²) >= 11 is 0. The van der Waals surface area contributed by atoms with Crippen LogP contribution >= 0.6 is 0 Å². The Hall–Kier alpha value is -3.28. The molecule has 2 aromatic heterocycles. The maximum absolute atomic E-state index is 13.4. The summed E-state index contributed by atoms with van der Waals surface area (Å²) in [6, 6.07) is 10.3. The highest BCUT2D eigenvalue weighted by Crippen LogP contribution is 2.48. The van der Waals surface area contributed by atoms with Crippen molar-refractivity contribution in [2.45, 2.75) is 57.9 Å². The van der Waals surface area contributed by atoms with Crippen LogP contribution in [0.3, 0.4) is 0 Å². The number of aromatic nitrogens is 3. The lowest BCUT2D eigenvalue weighted by Gasteiger charge is -2.29. The van der Waals surface area contributed by atoms with Crippen LogP contribution in [0.5, 0.6) is 0 Å². The van der Waals surface area contributed by atoms with Gasteiger partial charge in [-0.3, -0.25) is 9.78 Å². The van der Waals surface area contributed by atoms with E-state index < -0.39 is 0 Å². The molecule has 2 aliphatic rings. The molecule has 0 fully saturated rings. The van der Waals surface area contributed by atoms with Gasteiger partial charge in [0.25, 0.3) is 5.91 Å². The zero-order valence-corrected chi connectivity index (χ0v) is 19.1. The Morgan fingerprint density at radius 2 is 2.06 bits per heavy atom. The van der Waals surface area contributed by atoms with Crippen LogP contribution in [0.4, 0.5) is 4.39 Å². The number of hydrogen-bond acceptors (Lipinski definition) is 3. The van der Waals surface area contributed by atoms with Crippen LogP contribution in [0.15, 0.2) is 66.1 Å². The maximum Gasteiger partial charge on any atom is 0.253 e. The van der Waals surface area contributed by atoms with Gasteiger partial charge in [-0.25, -0.2) is 9.07 Å². The van der Waals surface area contributed by atoms with Crippen LogP contribution in [0, 0.1) is 11.7 Å². The van der Waals surface area contributed by atoms with E-state index >= 15 is 0 Å². The predicted molar refractivity (Wildman–Crippen MR) is 126 cm³/mol. The normalized spacial score (nSPS) is 20.3. The van der Waals surface area contributed by atoms with Gasteiger partial charge in [-0.05, 0) is 68.0 Å². The summed E-state index contributed by atoms with van der Waals surface area (Å²) in [4.78, 5) is 16.7. The van der Waals surface area contributed by atoms with Crippen LogP contribution in [-0.4, -0.2) is 26.7 Å². The molecule has 1 amide bonds. The van der Waals surface area contributed by atoms with E-state index in [1.54, 1.807) is 36.7 Å². The van der Waals surface area contributed by atoms with Crippen LogP contribution in [0.25, 0.3) is 5.69 Å². The van der Waals surface area contributed by atoms with E-state index in [0.717, 1.165) is 37.8 Å². The number of nitrogens with one attached hydrogen (secondary N) is 1. The molecule has 0 spiro atoms. The van der Waals surface area contributed by atoms with Gasteiger partial charge in [0, 0.05) is 36.3 Å². The number of halogens is 1. The highest BCUT2D eigenvalue weighted by molar-refractivity contribution is 5.94. The largest absolute Gasteiger partial charge is 0.349 e. The van der Waals surface area contributed by atoms with E-state index in [9.17, 15) is 9.18 Å². The monoisotopic (exact) mass is 444 g/mol. The van der Waals surface area contributed by atoms with E-state index in [0.29, 0.717) is 17.4 Å². The lowest BCUT2D eigenvalue weighted by Crippen LogP contribution is -2.36. The second-order valence-electron chi connectivity index (χ2n) is 9.18. The van der Waals surface area contributed by atoms with Gasteiger partial charge >= 0.3 is 0 Å². The lowest BCUT2D eigenvalue weighted by atomic mass is 9.78. The molecule has 0 saturated heterocycles. The summed E-state index contributed by atoms with van der Waals surface area (Å²) < 4.78 is 15.4. The summed E-state index contributed by atoms with van der Waals surface area (Å²) in [5.74, 6) is 0.480. The number of hydrogen-bond donors (Lipinski definition) is 1. The van der Waals surface area contributed by atoms with Gasteiger partial charge in [0.05, 0.1) is 23.1 Å². The second kappa shape index (κ2) is 8.93. The van der Waals surface area contributed by atoms with Gasteiger partial charge in [-0.15, -0.1) is 0 Å². The van der Waals surface area contributed by atoms with Gasteiger partial charge < -0.3 is 5.32 Å². The number of rotatable bonds is 6. The minimum atomic E-state index is -0.238. The first-order valence-corrected chi connectivity index (χ1v) is 11.8. The standard InChI is InChI=1S/C27H29FN4O/c1-3-22(31-27(33)20-5-4-12-29-15-20)13-18-6-7-19-14-25-24(17(2)26(18)19)16-30-32(25)23-10-8-21(28)9-11-23/h4-5,8-12,15-18,22H,3,6-7,13-14H2,1-2H3,(H,31,33)/t17-,18+,22?/m0/s1. The van der Waals surface area contributed by atoms with Crippen molar-refractivity contribution in [3.05, 3.63) is 88.8 Å². The molecule has 0 bridgehead atoms. The number of carbonyl (C=O) groups excluding carboxylic acids is 1. The van der Waals surface area contributed by atoms with E-state index in [-0.39, 0.29) is 17.8 Å². The molecule has 2 heterocycles. The Kier molecular flexibility index (Phi) is 5.83. The quantitative estimate of drug-likeness (QED) is 0.520. The molecule has 170 valence electrons. The fourth-order valence-corrected chi connectivity index (χ4v) is 5.57. The average Bonchev–Trinajstić information content (AvgIpc) is 3.44. The molecule has 0 radical (unpaired) electrons. The smallest absolute Gasteiger partial charge is 0.253 e. The highest BCUT2D eigenvalue weighted by atomic mass is 19.1. The molecule has 3 atom stereocenters. The molecule has 2 aliphatic carbocycles. The topological polar surface area (TPSA) is 59.8 Å². The van der Waals surface area contributed by atoms with Gasteiger partial charge in [-0.1, -0.05) is 25.0 Å². The molecule has 33 heavy (non-hydrogen) atoms. The molecule has 1 aromatic carbocycles. The third-order valence-corrected chi connectivity index (χ3v) is 7.25. The third-order valence-electron chi connectivity index (χ3n) is 7.25. The Bertz CT molecular complexity index is 1180. The molecular formula is C27H29FN4O. The maximum atomic E-state index is 13.4. The molecule has 3 aromatic rings. The second-order valence-corrected chi connectivity index (χ2v) is 9.18. The molecule has 5 nitrogen and oxygen atoms in total. The first kappa shape index (κ1) is 21.6. The van der Waals surface area contributed by atoms with E-state index in [4.69, 9.17) is 0 Å². The van der Waals surface area contributed by atoms with Crippen LogP contribution in [-0.2, 0) is 6.42 Å². The number of allylic oxidation sites excluding steroid dienone is 2. The summed E-state index contributed by atoms with van der Waals surface area (Å²) in [5, 5.41) is 7.88. The summed E-state index contributed by atoms with van der Waals surface area (Å²) in [6.07, 6.45) is 10.2.